The number of carbonyl (C=O) groups is 1. The van der Waals surface area contributed by atoms with E-state index in [1.165, 1.54) is 0 Å². The molecule has 0 aliphatic carbocycles. The van der Waals surface area contributed by atoms with Crippen molar-refractivity contribution in [1.82, 2.24) is 15.0 Å². The van der Waals surface area contributed by atoms with Crippen molar-refractivity contribution in [3.05, 3.63) is 46.0 Å². The van der Waals surface area contributed by atoms with E-state index in [1.807, 2.05) is 17.5 Å². The molecule has 1 saturated heterocycles. The summed E-state index contributed by atoms with van der Waals surface area (Å²) in [5.41, 5.74) is 0. The molecule has 0 atom stereocenters. The third-order valence-corrected chi connectivity index (χ3v) is 4.78. The molecule has 1 aliphatic rings. The minimum Gasteiger partial charge on any atom is -0.444 e. The molecule has 0 bridgehead atoms. The lowest BCUT2D eigenvalue weighted by atomic mass is 10.00. The van der Waals surface area contributed by atoms with Crippen LogP contribution in [0.25, 0.3) is 10.7 Å². The van der Waals surface area contributed by atoms with Crippen molar-refractivity contribution in [1.29, 1.82) is 0 Å². The van der Waals surface area contributed by atoms with Crippen LogP contribution in [0.2, 0.25) is 0 Å². The largest absolute Gasteiger partial charge is 0.444 e. The average Bonchev–Trinajstić information content (AvgIpc) is 3.17. The molecule has 3 aromatic rings. The minimum atomic E-state index is -0.125. The molecule has 4 heterocycles. The van der Waals surface area contributed by atoms with E-state index in [0.29, 0.717) is 35.2 Å². The van der Waals surface area contributed by atoms with Crippen LogP contribution in [0.15, 0.2) is 43.3 Å². The van der Waals surface area contributed by atoms with Gasteiger partial charge in [-0.2, -0.15) is 4.98 Å². The Morgan fingerprint density at radius 2 is 2.23 bits per heavy atom. The van der Waals surface area contributed by atoms with Crippen LogP contribution in [0, 0.1) is 0 Å². The van der Waals surface area contributed by atoms with Gasteiger partial charge in [-0.05, 0) is 39.5 Å². The summed E-state index contributed by atoms with van der Waals surface area (Å²) < 4.78 is 11.1. The van der Waals surface area contributed by atoms with Crippen molar-refractivity contribution in [3.63, 3.8) is 0 Å². The SMILES string of the molecule is O=C(c1ccc(Br)o1)N1CC(c2nc(-c3cccs3)no2)C1. The molecular formula is C14H10BrN3O3S. The monoisotopic (exact) mass is 379 g/mol. The van der Waals surface area contributed by atoms with E-state index in [2.05, 4.69) is 26.1 Å². The van der Waals surface area contributed by atoms with Crippen molar-refractivity contribution in [3.8, 4) is 10.7 Å². The molecular weight excluding hydrogens is 370 g/mol. The number of rotatable bonds is 3. The van der Waals surface area contributed by atoms with Gasteiger partial charge in [0.2, 0.25) is 11.7 Å². The molecule has 4 rings (SSSR count). The van der Waals surface area contributed by atoms with Gasteiger partial charge >= 0.3 is 0 Å². The molecule has 1 fully saturated rings. The second kappa shape index (κ2) is 5.36. The number of amides is 1. The minimum absolute atomic E-state index is 0.0866. The first-order chi connectivity index (χ1) is 10.7. The maximum Gasteiger partial charge on any atom is 0.289 e. The first kappa shape index (κ1) is 13.7. The summed E-state index contributed by atoms with van der Waals surface area (Å²) in [5, 5.41) is 5.96. The van der Waals surface area contributed by atoms with E-state index in [9.17, 15) is 4.79 Å². The second-order valence-electron chi connectivity index (χ2n) is 4.94. The molecule has 0 spiro atoms. The zero-order valence-corrected chi connectivity index (χ0v) is 13.6. The lowest BCUT2D eigenvalue weighted by Gasteiger charge is -2.36. The molecule has 0 saturated carbocycles. The van der Waals surface area contributed by atoms with Crippen LogP contribution in [0.3, 0.4) is 0 Å². The summed E-state index contributed by atoms with van der Waals surface area (Å²) in [6.45, 7) is 1.12. The van der Waals surface area contributed by atoms with Gasteiger partial charge in [0.05, 0.1) is 10.8 Å². The summed E-state index contributed by atoms with van der Waals surface area (Å²) in [4.78, 5) is 19.2. The molecule has 1 amide bonds. The van der Waals surface area contributed by atoms with Gasteiger partial charge in [-0.25, -0.2) is 0 Å². The molecule has 112 valence electrons. The van der Waals surface area contributed by atoms with Crippen LogP contribution in [0.1, 0.15) is 22.4 Å². The number of likely N-dealkylation sites (tertiary alicyclic amines) is 1. The Labute approximate surface area is 137 Å². The number of thiophene rings is 1. The van der Waals surface area contributed by atoms with E-state index in [-0.39, 0.29) is 11.8 Å². The van der Waals surface area contributed by atoms with Crippen molar-refractivity contribution >= 4 is 33.2 Å². The molecule has 6 nitrogen and oxygen atoms in total. The predicted octanol–water partition coefficient (Wildman–Crippen LogP) is 3.39. The maximum atomic E-state index is 12.2. The summed E-state index contributed by atoms with van der Waals surface area (Å²) in [6, 6.07) is 7.25. The van der Waals surface area contributed by atoms with E-state index in [1.54, 1.807) is 28.4 Å². The van der Waals surface area contributed by atoms with Crippen molar-refractivity contribution < 1.29 is 13.7 Å². The first-order valence-electron chi connectivity index (χ1n) is 6.63. The van der Waals surface area contributed by atoms with Crippen LogP contribution in [-0.4, -0.2) is 34.0 Å². The van der Waals surface area contributed by atoms with Gasteiger partial charge in [-0.3, -0.25) is 4.79 Å². The average molecular weight is 380 g/mol. The highest BCUT2D eigenvalue weighted by atomic mass is 79.9. The van der Waals surface area contributed by atoms with Crippen LogP contribution in [0.4, 0.5) is 0 Å². The zero-order chi connectivity index (χ0) is 15.1. The quantitative estimate of drug-likeness (QED) is 0.697. The van der Waals surface area contributed by atoms with Crippen LogP contribution >= 0.6 is 27.3 Å². The Balaban J connectivity index is 1.42. The third kappa shape index (κ3) is 2.38. The molecule has 22 heavy (non-hydrogen) atoms. The Morgan fingerprint density at radius 1 is 1.36 bits per heavy atom. The lowest BCUT2D eigenvalue weighted by molar-refractivity contribution is 0.0535. The fourth-order valence-electron chi connectivity index (χ4n) is 2.29. The maximum absolute atomic E-state index is 12.2. The van der Waals surface area contributed by atoms with Gasteiger partial charge in [0.25, 0.3) is 5.91 Å². The van der Waals surface area contributed by atoms with Crippen LogP contribution in [0.5, 0.6) is 0 Å². The first-order valence-corrected chi connectivity index (χ1v) is 8.30. The number of furan rings is 1. The van der Waals surface area contributed by atoms with Crippen molar-refractivity contribution in [2.24, 2.45) is 0 Å². The van der Waals surface area contributed by atoms with Gasteiger partial charge in [0.15, 0.2) is 10.4 Å². The van der Waals surface area contributed by atoms with Gasteiger partial charge in [-0.1, -0.05) is 11.2 Å². The van der Waals surface area contributed by atoms with E-state index in [0.717, 1.165) is 4.88 Å². The third-order valence-electron chi connectivity index (χ3n) is 3.49. The highest BCUT2D eigenvalue weighted by molar-refractivity contribution is 9.10. The Bertz CT molecular complexity index is 805. The summed E-state index contributed by atoms with van der Waals surface area (Å²) in [6.07, 6.45) is 0. The standard InChI is InChI=1S/C14H10BrN3O3S/c15-11-4-3-9(20-11)14(19)18-6-8(7-18)13-16-12(17-21-13)10-2-1-5-22-10/h1-5,8H,6-7H2. The van der Waals surface area contributed by atoms with Crippen LogP contribution < -0.4 is 0 Å². The Hall–Kier alpha value is -1.93. The number of hydrogen-bond acceptors (Lipinski definition) is 6. The summed E-state index contributed by atoms with van der Waals surface area (Å²) in [7, 11) is 0. The van der Waals surface area contributed by atoms with Gasteiger partial charge < -0.3 is 13.8 Å². The highest BCUT2D eigenvalue weighted by Crippen LogP contribution is 2.30. The fourth-order valence-corrected chi connectivity index (χ4v) is 3.25. The van der Waals surface area contributed by atoms with Gasteiger partial charge in [0, 0.05) is 13.1 Å². The predicted molar refractivity (Wildman–Crippen MR) is 82.7 cm³/mol. The number of hydrogen-bond donors (Lipinski definition) is 0. The Kier molecular flexibility index (Phi) is 3.34. The highest BCUT2D eigenvalue weighted by Gasteiger charge is 2.37. The molecule has 0 radical (unpaired) electrons. The molecule has 8 heteroatoms. The molecule has 0 N–H and O–H groups in total. The van der Waals surface area contributed by atoms with Gasteiger partial charge in [-0.15, -0.1) is 11.3 Å². The summed E-state index contributed by atoms with van der Waals surface area (Å²) in [5.74, 6) is 1.47. The van der Waals surface area contributed by atoms with E-state index in [4.69, 9.17) is 8.94 Å². The second-order valence-corrected chi connectivity index (χ2v) is 6.67. The Morgan fingerprint density at radius 3 is 2.91 bits per heavy atom. The smallest absolute Gasteiger partial charge is 0.289 e. The van der Waals surface area contributed by atoms with E-state index < -0.39 is 0 Å². The molecule has 1 aliphatic heterocycles. The fraction of sp³-hybridized carbons (Fsp3) is 0.214. The summed E-state index contributed by atoms with van der Waals surface area (Å²) >= 11 is 4.76. The number of halogens is 1. The van der Waals surface area contributed by atoms with Crippen molar-refractivity contribution in [2.45, 2.75) is 5.92 Å². The normalized spacial score (nSPS) is 15.0. The van der Waals surface area contributed by atoms with Crippen LogP contribution in [-0.2, 0) is 0 Å². The number of nitrogens with zero attached hydrogens (tertiary/aromatic N) is 3. The van der Waals surface area contributed by atoms with Gasteiger partial charge in [0.1, 0.15) is 0 Å². The number of aromatic nitrogens is 2. The topological polar surface area (TPSA) is 72.4 Å². The molecule has 0 aromatic carbocycles. The lowest BCUT2D eigenvalue weighted by Crippen LogP contribution is -2.48. The number of carbonyl (C=O) groups excluding carboxylic acids is 1. The zero-order valence-electron chi connectivity index (χ0n) is 11.2. The van der Waals surface area contributed by atoms with E-state index >= 15 is 0 Å². The molecule has 0 unspecified atom stereocenters. The van der Waals surface area contributed by atoms with Crippen molar-refractivity contribution in [2.75, 3.05) is 13.1 Å². The molecule has 3 aromatic heterocycles.